The van der Waals surface area contributed by atoms with Crippen molar-refractivity contribution >= 4 is 17.6 Å². The second-order valence-corrected chi connectivity index (χ2v) is 6.19. The lowest BCUT2D eigenvalue weighted by Crippen LogP contribution is -2.15. The zero-order chi connectivity index (χ0) is 20.3. The fourth-order valence-corrected chi connectivity index (χ4v) is 2.94. The number of carbonyl (C=O) groups is 2. The van der Waals surface area contributed by atoms with Crippen LogP contribution in [0, 0.1) is 19.7 Å². The lowest BCUT2D eigenvalue weighted by Gasteiger charge is -2.08. The molecule has 6 nitrogen and oxygen atoms in total. The zero-order valence-electron chi connectivity index (χ0n) is 15.8. The van der Waals surface area contributed by atoms with Gasteiger partial charge in [-0.3, -0.25) is 4.79 Å². The van der Waals surface area contributed by atoms with Crippen LogP contribution in [0.25, 0.3) is 5.69 Å². The van der Waals surface area contributed by atoms with Crippen LogP contribution < -0.4 is 5.32 Å². The average Bonchev–Trinajstić information content (AvgIpc) is 2.97. The van der Waals surface area contributed by atoms with Gasteiger partial charge in [0.2, 0.25) is 0 Å². The first-order valence-electron chi connectivity index (χ1n) is 8.81. The number of hydrogen-bond acceptors (Lipinski definition) is 4. The molecule has 0 unspecified atom stereocenters. The minimum atomic E-state index is -0.449. The van der Waals surface area contributed by atoms with E-state index in [0.29, 0.717) is 33.9 Å². The smallest absolute Gasteiger partial charge is 0.338 e. The van der Waals surface area contributed by atoms with Crippen LogP contribution >= 0.6 is 0 Å². The van der Waals surface area contributed by atoms with Gasteiger partial charge in [-0.1, -0.05) is 6.07 Å². The number of anilines is 1. The number of aromatic nitrogens is 2. The molecule has 0 fully saturated rings. The zero-order valence-corrected chi connectivity index (χ0v) is 15.8. The van der Waals surface area contributed by atoms with Gasteiger partial charge in [-0.2, -0.15) is 5.10 Å². The Kier molecular flexibility index (Phi) is 5.54. The normalized spacial score (nSPS) is 10.6. The number of benzene rings is 2. The van der Waals surface area contributed by atoms with E-state index in [1.165, 1.54) is 12.1 Å². The van der Waals surface area contributed by atoms with Crippen LogP contribution in [0.4, 0.5) is 10.1 Å². The Labute approximate surface area is 161 Å². The number of rotatable bonds is 5. The molecule has 3 aromatic rings. The summed E-state index contributed by atoms with van der Waals surface area (Å²) >= 11 is 0. The predicted molar refractivity (Wildman–Crippen MR) is 103 cm³/mol. The maximum Gasteiger partial charge on any atom is 0.338 e. The van der Waals surface area contributed by atoms with Gasteiger partial charge >= 0.3 is 5.97 Å². The third-order valence-electron chi connectivity index (χ3n) is 4.22. The summed E-state index contributed by atoms with van der Waals surface area (Å²) in [6, 6.07) is 12.4. The molecule has 2 aromatic carbocycles. The minimum Gasteiger partial charge on any atom is -0.462 e. The van der Waals surface area contributed by atoms with Crippen LogP contribution in [0.2, 0.25) is 0 Å². The first-order chi connectivity index (χ1) is 13.4. The van der Waals surface area contributed by atoms with Crippen molar-refractivity contribution in [1.82, 2.24) is 9.78 Å². The maximum atomic E-state index is 13.2. The topological polar surface area (TPSA) is 73.2 Å². The fraction of sp³-hybridized carbons (Fsp3) is 0.190. The van der Waals surface area contributed by atoms with Crippen LogP contribution in [-0.4, -0.2) is 28.3 Å². The molecule has 3 rings (SSSR count). The van der Waals surface area contributed by atoms with Crippen LogP contribution in [0.15, 0.2) is 48.5 Å². The van der Waals surface area contributed by atoms with E-state index in [2.05, 4.69) is 10.4 Å². The van der Waals surface area contributed by atoms with Crippen molar-refractivity contribution < 1.29 is 18.7 Å². The van der Waals surface area contributed by atoms with E-state index in [9.17, 15) is 14.0 Å². The fourth-order valence-electron chi connectivity index (χ4n) is 2.94. The summed E-state index contributed by atoms with van der Waals surface area (Å²) in [4.78, 5) is 24.7. The molecule has 0 saturated carbocycles. The first kappa shape index (κ1) is 19.3. The number of carbonyl (C=O) groups excluding carboxylic acids is 2. The molecule has 0 atom stereocenters. The van der Waals surface area contributed by atoms with E-state index in [1.54, 1.807) is 61.9 Å². The van der Waals surface area contributed by atoms with Crippen LogP contribution in [0.1, 0.15) is 39.0 Å². The third-order valence-corrected chi connectivity index (χ3v) is 4.22. The highest BCUT2D eigenvalue weighted by Crippen LogP contribution is 2.20. The van der Waals surface area contributed by atoms with Crippen LogP contribution in [0.5, 0.6) is 0 Å². The molecule has 0 radical (unpaired) electrons. The van der Waals surface area contributed by atoms with E-state index >= 15 is 0 Å². The number of esters is 1. The van der Waals surface area contributed by atoms with Crippen molar-refractivity contribution in [2.75, 3.05) is 11.9 Å². The third kappa shape index (κ3) is 3.93. The molecular formula is C21H20FN3O3. The molecule has 1 amide bonds. The van der Waals surface area contributed by atoms with E-state index in [0.717, 1.165) is 0 Å². The SMILES string of the molecule is CCOC(=O)c1cccc(NC(=O)c2c(C)nn(-c3ccc(F)cc3)c2C)c1. The van der Waals surface area contributed by atoms with Crippen LogP contribution in [0.3, 0.4) is 0 Å². The Balaban J connectivity index is 1.87. The minimum absolute atomic E-state index is 0.274. The number of halogens is 1. The monoisotopic (exact) mass is 381 g/mol. The summed E-state index contributed by atoms with van der Waals surface area (Å²) in [6.07, 6.45) is 0. The summed E-state index contributed by atoms with van der Waals surface area (Å²) in [7, 11) is 0. The predicted octanol–water partition coefficient (Wildman–Crippen LogP) is 4.06. The molecule has 28 heavy (non-hydrogen) atoms. The highest BCUT2D eigenvalue weighted by molar-refractivity contribution is 6.06. The summed E-state index contributed by atoms with van der Waals surface area (Å²) in [5.74, 6) is -1.14. The van der Waals surface area contributed by atoms with Gasteiger partial charge in [0.15, 0.2) is 0 Å². The first-order valence-corrected chi connectivity index (χ1v) is 8.81. The van der Waals surface area contributed by atoms with Crippen molar-refractivity contribution in [1.29, 1.82) is 0 Å². The Bertz CT molecular complexity index is 1030. The number of amides is 1. The molecule has 1 N–H and O–H groups in total. The molecular weight excluding hydrogens is 361 g/mol. The van der Waals surface area contributed by atoms with E-state index < -0.39 is 5.97 Å². The van der Waals surface area contributed by atoms with Gasteiger partial charge in [0, 0.05) is 5.69 Å². The van der Waals surface area contributed by atoms with Gasteiger partial charge in [0.1, 0.15) is 5.82 Å². The maximum absolute atomic E-state index is 13.2. The Hall–Kier alpha value is -3.48. The van der Waals surface area contributed by atoms with Crippen molar-refractivity contribution in [3.8, 4) is 5.69 Å². The second kappa shape index (κ2) is 8.04. The van der Waals surface area contributed by atoms with E-state index in [-0.39, 0.29) is 18.3 Å². The molecule has 0 bridgehead atoms. The Morgan fingerprint density at radius 3 is 2.54 bits per heavy atom. The van der Waals surface area contributed by atoms with Gasteiger partial charge in [0.05, 0.1) is 34.8 Å². The van der Waals surface area contributed by atoms with E-state index in [1.807, 2.05) is 0 Å². The van der Waals surface area contributed by atoms with Crippen molar-refractivity contribution in [3.63, 3.8) is 0 Å². The molecule has 0 saturated heterocycles. The van der Waals surface area contributed by atoms with Crippen molar-refractivity contribution in [3.05, 3.63) is 76.9 Å². The summed E-state index contributed by atoms with van der Waals surface area (Å²) in [5.41, 5.74) is 3.08. The quantitative estimate of drug-likeness (QED) is 0.677. The summed E-state index contributed by atoms with van der Waals surface area (Å²) < 4.78 is 19.7. The highest BCUT2D eigenvalue weighted by Gasteiger charge is 2.20. The number of aryl methyl sites for hydroxylation is 1. The number of nitrogens with zero attached hydrogens (tertiary/aromatic N) is 2. The molecule has 7 heteroatoms. The number of hydrogen-bond donors (Lipinski definition) is 1. The Morgan fingerprint density at radius 1 is 1.14 bits per heavy atom. The molecule has 1 aromatic heterocycles. The van der Waals surface area contributed by atoms with Gasteiger partial charge < -0.3 is 10.1 Å². The largest absolute Gasteiger partial charge is 0.462 e. The standard InChI is InChI=1S/C21H20FN3O3/c1-4-28-21(27)15-6-5-7-17(12-15)23-20(26)19-13(2)24-25(14(19)3)18-10-8-16(22)9-11-18/h5-12H,4H2,1-3H3,(H,23,26). The molecule has 0 spiro atoms. The average molecular weight is 381 g/mol. The second-order valence-electron chi connectivity index (χ2n) is 6.19. The number of ether oxygens (including phenoxy) is 1. The van der Waals surface area contributed by atoms with Gasteiger partial charge in [-0.05, 0) is 63.2 Å². The van der Waals surface area contributed by atoms with Gasteiger partial charge in [0.25, 0.3) is 5.91 Å². The molecule has 1 heterocycles. The summed E-state index contributed by atoms with van der Waals surface area (Å²) in [6.45, 7) is 5.51. The van der Waals surface area contributed by atoms with E-state index in [4.69, 9.17) is 4.74 Å². The van der Waals surface area contributed by atoms with Crippen molar-refractivity contribution in [2.45, 2.75) is 20.8 Å². The lowest BCUT2D eigenvalue weighted by atomic mass is 10.1. The molecule has 0 aliphatic rings. The molecule has 0 aliphatic heterocycles. The van der Waals surface area contributed by atoms with Gasteiger partial charge in [-0.15, -0.1) is 0 Å². The lowest BCUT2D eigenvalue weighted by molar-refractivity contribution is 0.0526. The Morgan fingerprint density at radius 2 is 1.86 bits per heavy atom. The number of nitrogens with one attached hydrogen (secondary N) is 1. The van der Waals surface area contributed by atoms with Crippen LogP contribution in [-0.2, 0) is 4.74 Å². The molecule has 0 aliphatic carbocycles. The molecule has 144 valence electrons. The summed E-state index contributed by atoms with van der Waals surface area (Å²) in [5, 5.41) is 7.19. The van der Waals surface area contributed by atoms with Gasteiger partial charge in [-0.25, -0.2) is 13.9 Å². The highest BCUT2D eigenvalue weighted by atomic mass is 19.1. The van der Waals surface area contributed by atoms with Crippen molar-refractivity contribution in [2.24, 2.45) is 0 Å².